The van der Waals surface area contributed by atoms with Crippen molar-refractivity contribution in [3.05, 3.63) is 0 Å². The van der Waals surface area contributed by atoms with E-state index in [2.05, 4.69) is 4.72 Å². The Morgan fingerprint density at radius 2 is 2.00 bits per heavy atom. The molecule has 5 heteroatoms. The monoisotopic (exact) mass is 235 g/mol. The molecule has 1 aliphatic rings. The number of sulfonamides is 1. The van der Waals surface area contributed by atoms with E-state index in [1.54, 1.807) is 0 Å². The summed E-state index contributed by atoms with van der Waals surface area (Å²) in [5.74, 6) is 0. The minimum Gasteiger partial charge on any atom is -0.396 e. The predicted octanol–water partition coefficient (Wildman–Crippen LogP) is 0.867. The van der Waals surface area contributed by atoms with E-state index in [1.807, 2.05) is 13.8 Å². The van der Waals surface area contributed by atoms with E-state index < -0.39 is 10.0 Å². The molecule has 0 aromatic heterocycles. The Morgan fingerprint density at radius 3 is 2.47 bits per heavy atom. The lowest BCUT2D eigenvalue weighted by molar-refractivity contribution is 0.242. The van der Waals surface area contributed by atoms with Crippen molar-refractivity contribution in [1.82, 2.24) is 4.72 Å². The van der Waals surface area contributed by atoms with Crippen LogP contribution in [0.1, 0.15) is 39.5 Å². The second kappa shape index (κ2) is 4.80. The Morgan fingerprint density at radius 1 is 1.40 bits per heavy atom. The molecule has 4 nitrogen and oxygen atoms in total. The average Bonchev–Trinajstić information content (AvgIpc) is 2.95. The Kier molecular flexibility index (Phi) is 4.14. The van der Waals surface area contributed by atoms with E-state index in [0.29, 0.717) is 6.54 Å². The number of aliphatic hydroxyl groups excluding tert-OH is 1. The van der Waals surface area contributed by atoms with Crippen LogP contribution in [0.3, 0.4) is 0 Å². The molecule has 0 aromatic carbocycles. The highest BCUT2D eigenvalue weighted by Crippen LogP contribution is 2.28. The molecule has 0 heterocycles. The molecular weight excluding hydrogens is 214 g/mol. The van der Waals surface area contributed by atoms with Gasteiger partial charge in [-0.25, -0.2) is 13.1 Å². The van der Waals surface area contributed by atoms with Crippen molar-refractivity contribution in [1.29, 1.82) is 0 Å². The summed E-state index contributed by atoms with van der Waals surface area (Å²) in [7, 11) is -3.06. The third-order valence-electron chi connectivity index (χ3n) is 2.73. The van der Waals surface area contributed by atoms with E-state index in [-0.39, 0.29) is 17.3 Å². The molecule has 1 fully saturated rings. The Hall–Kier alpha value is -0.130. The number of nitrogens with one attached hydrogen (secondary N) is 1. The fourth-order valence-electron chi connectivity index (χ4n) is 1.44. The first-order valence-corrected chi connectivity index (χ1v) is 7.01. The van der Waals surface area contributed by atoms with Crippen LogP contribution < -0.4 is 4.72 Å². The minimum absolute atomic E-state index is 0.0787. The van der Waals surface area contributed by atoms with E-state index >= 15 is 0 Å². The summed E-state index contributed by atoms with van der Waals surface area (Å²) in [6, 6.07) is 0. The van der Waals surface area contributed by atoms with Gasteiger partial charge in [-0.05, 0) is 31.1 Å². The summed E-state index contributed by atoms with van der Waals surface area (Å²) in [5.41, 5.74) is -0.0787. The van der Waals surface area contributed by atoms with Gasteiger partial charge in [0, 0.05) is 13.2 Å². The first kappa shape index (κ1) is 12.9. The van der Waals surface area contributed by atoms with Gasteiger partial charge in [0.25, 0.3) is 0 Å². The third kappa shape index (κ3) is 4.49. The molecule has 1 aliphatic carbocycles. The highest BCUT2D eigenvalue weighted by molar-refractivity contribution is 7.90. The molecule has 1 rings (SSSR count). The Labute approximate surface area is 92.1 Å². The fourth-order valence-corrected chi connectivity index (χ4v) is 3.02. The second-order valence-corrected chi connectivity index (χ2v) is 7.10. The van der Waals surface area contributed by atoms with Crippen molar-refractivity contribution >= 4 is 10.0 Å². The van der Waals surface area contributed by atoms with Crippen LogP contribution in [0.5, 0.6) is 0 Å². The molecule has 2 N–H and O–H groups in total. The van der Waals surface area contributed by atoms with E-state index in [1.165, 1.54) is 0 Å². The van der Waals surface area contributed by atoms with Gasteiger partial charge in [0.2, 0.25) is 10.0 Å². The first-order valence-electron chi connectivity index (χ1n) is 5.47. The zero-order valence-electron chi connectivity index (χ0n) is 9.49. The van der Waals surface area contributed by atoms with E-state index in [4.69, 9.17) is 5.11 Å². The van der Waals surface area contributed by atoms with Crippen LogP contribution in [0.4, 0.5) is 0 Å². The fraction of sp³-hybridized carbons (Fsp3) is 1.00. The third-order valence-corrected chi connectivity index (χ3v) is 4.62. The number of rotatable bonds is 7. The van der Waals surface area contributed by atoms with Crippen molar-refractivity contribution < 1.29 is 13.5 Å². The lowest BCUT2D eigenvalue weighted by Crippen LogP contribution is -2.36. The zero-order valence-corrected chi connectivity index (χ0v) is 10.3. The molecular formula is C10H21NO3S. The molecule has 0 aliphatic heterocycles. The summed E-state index contributed by atoms with van der Waals surface area (Å²) < 4.78 is 25.8. The molecule has 15 heavy (non-hydrogen) atoms. The maximum atomic E-state index is 11.6. The normalized spacial score (nSPS) is 18.1. The molecule has 0 bridgehead atoms. The molecule has 0 saturated heterocycles. The van der Waals surface area contributed by atoms with Gasteiger partial charge in [-0.3, -0.25) is 0 Å². The first-order chi connectivity index (χ1) is 6.87. The lowest BCUT2D eigenvalue weighted by atomic mass is 9.88. The Bertz CT molecular complexity index is 294. The van der Waals surface area contributed by atoms with Crippen molar-refractivity contribution in [3.63, 3.8) is 0 Å². The number of hydrogen-bond acceptors (Lipinski definition) is 3. The molecule has 0 radical (unpaired) electrons. The molecule has 90 valence electrons. The van der Waals surface area contributed by atoms with Crippen LogP contribution in [0.25, 0.3) is 0 Å². The quantitative estimate of drug-likeness (QED) is 0.688. The van der Waals surface area contributed by atoms with Gasteiger partial charge in [-0.15, -0.1) is 0 Å². The highest BCUT2D eigenvalue weighted by Gasteiger charge is 2.36. The van der Waals surface area contributed by atoms with Crippen LogP contribution in [0, 0.1) is 5.41 Å². The van der Waals surface area contributed by atoms with Crippen molar-refractivity contribution in [2.75, 3.05) is 13.2 Å². The topological polar surface area (TPSA) is 66.4 Å². The van der Waals surface area contributed by atoms with Gasteiger partial charge in [0.05, 0.1) is 5.25 Å². The largest absolute Gasteiger partial charge is 0.396 e. The number of aliphatic hydroxyl groups is 1. The lowest BCUT2D eigenvalue weighted by Gasteiger charge is -2.24. The van der Waals surface area contributed by atoms with Gasteiger partial charge in [-0.2, -0.15) is 0 Å². The summed E-state index contributed by atoms with van der Waals surface area (Å²) in [5, 5.41) is 8.57. The van der Waals surface area contributed by atoms with Crippen LogP contribution in [-0.4, -0.2) is 31.9 Å². The van der Waals surface area contributed by atoms with Crippen LogP contribution >= 0.6 is 0 Å². The van der Waals surface area contributed by atoms with Crippen molar-refractivity contribution in [2.45, 2.75) is 44.8 Å². The summed E-state index contributed by atoms with van der Waals surface area (Å²) in [6.45, 7) is 4.65. The standard InChI is InChI=1S/C10H21NO3S/c1-10(2,6-3-7-12)8-11-15(13,14)9-4-5-9/h9,11-12H,3-8H2,1-2H3. The van der Waals surface area contributed by atoms with E-state index in [9.17, 15) is 8.42 Å². The molecule has 0 spiro atoms. The molecule has 0 atom stereocenters. The van der Waals surface area contributed by atoms with Crippen molar-refractivity contribution in [2.24, 2.45) is 5.41 Å². The van der Waals surface area contributed by atoms with Gasteiger partial charge in [-0.1, -0.05) is 13.8 Å². The SMILES string of the molecule is CC(C)(CCCO)CNS(=O)(=O)C1CC1. The van der Waals surface area contributed by atoms with Gasteiger partial charge >= 0.3 is 0 Å². The predicted molar refractivity (Wildman–Crippen MR) is 60.0 cm³/mol. The maximum Gasteiger partial charge on any atom is 0.214 e. The minimum atomic E-state index is -3.06. The smallest absolute Gasteiger partial charge is 0.214 e. The van der Waals surface area contributed by atoms with Crippen LogP contribution in [0.15, 0.2) is 0 Å². The maximum absolute atomic E-state index is 11.6. The molecule has 1 saturated carbocycles. The molecule has 0 aromatic rings. The van der Waals surface area contributed by atoms with Gasteiger partial charge in [0.15, 0.2) is 0 Å². The van der Waals surface area contributed by atoms with Gasteiger partial charge < -0.3 is 5.11 Å². The summed E-state index contributed by atoms with van der Waals surface area (Å²) >= 11 is 0. The van der Waals surface area contributed by atoms with Gasteiger partial charge in [0.1, 0.15) is 0 Å². The average molecular weight is 235 g/mol. The van der Waals surface area contributed by atoms with E-state index in [0.717, 1.165) is 25.7 Å². The highest BCUT2D eigenvalue weighted by atomic mass is 32.2. The summed E-state index contributed by atoms with van der Waals surface area (Å²) in [4.78, 5) is 0. The number of hydrogen-bond donors (Lipinski definition) is 2. The molecule has 0 amide bonds. The van der Waals surface area contributed by atoms with Crippen molar-refractivity contribution in [3.8, 4) is 0 Å². The second-order valence-electron chi connectivity index (χ2n) is 5.06. The van der Waals surface area contributed by atoms with Crippen LogP contribution in [-0.2, 0) is 10.0 Å². The van der Waals surface area contributed by atoms with Crippen LogP contribution in [0.2, 0.25) is 0 Å². The summed E-state index contributed by atoms with van der Waals surface area (Å²) in [6.07, 6.45) is 3.15. The zero-order chi connectivity index (χ0) is 11.5. The Balaban J connectivity index is 2.34. The molecule has 0 unspecified atom stereocenters.